The second kappa shape index (κ2) is 5.14. The van der Waals surface area contributed by atoms with Crippen molar-refractivity contribution in [3.8, 4) is 0 Å². The van der Waals surface area contributed by atoms with Crippen LogP contribution in [0.4, 0.5) is 5.69 Å². The molecule has 2 rings (SSSR count). The molecular formula is C12H12BrN3O. The van der Waals surface area contributed by atoms with Gasteiger partial charge in [0, 0.05) is 35.3 Å². The third kappa shape index (κ3) is 2.74. The number of pyridine rings is 1. The summed E-state index contributed by atoms with van der Waals surface area (Å²) < 4.78 is 2.79. The fourth-order valence-electron chi connectivity index (χ4n) is 1.56. The Kier molecular flexibility index (Phi) is 3.58. The quantitative estimate of drug-likeness (QED) is 0.946. The van der Waals surface area contributed by atoms with Crippen LogP contribution in [0.25, 0.3) is 0 Å². The normalized spacial score (nSPS) is 10.2. The van der Waals surface area contributed by atoms with Gasteiger partial charge in [0.25, 0.3) is 5.91 Å². The van der Waals surface area contributed by atoms with E-state index in [-0.39, 0.29) is 5.91 Å². The van der Waals surface area contributed by atoms with E-state index in [1.54, 1.807) is 30.6 Å². The molecule has 2 aromatic heterocycles. The minimum Gasteiger partial charge on any atom is -0.343 e. The number of aryl methyl sites for hydroxylation is 1. The zero-order valence-electron chi connectivity index (χ0n) is 9.35. The monoisotopic (exact) mass is 293 g/mol. The average molecular weight is 294 g/mol. The molecule has 0 saturated carbocycles. The first kappa shape index (κ1) is 11.9. The molecule has 17 heavy (non-hydrogen) atoms. The molecule has 0 atom stereocenters. The van der Waals surface area contributed by atoms with Crippen molar-refractivity contribution in [2.75, 3.05) is 5.32 Å². The van der Waals surface area contributed by atoms with Crippen LogP contribution >= 0.6 is 15.9 Å². The van der Waals surface area contributed by atoms with Crippen LogP contribution in [-0.4, -0.2) is 15.5 Å². The molecule has 0 aromatic carbocycles. The van der Waals surface area contributed by atoms with Crippen LogP contribution in [0.2, 0.25) is 0 Å². The molecule has 4 nitrogen and oxygen atoms in total. The van der Waals surface area contributed by atoms with Gasteiger partial charge in [-0.1, -0.05) is 0 Å². The molecule has 0 bridgehead atoms. The zero-order valence-corrected chi connectivity index (χ0v) is 10.9. The second-order valence-electron chi connectivity index (χ2n) is 3.52. The van der Waals surface area contributed by atoms with Crippen molar-refractivity contribution in [1.29, 1.82) is 0 Å². The summed E-state index contributed by atoms with van der Waals surface area (Å²) in [4.78, 5) is 15.9. The first-order valence-electron chi connectivity index (χ1n) is 5.27. The molecule has 0 saturated heterocycles. The average Bonchev–Trinajstić information content (AvgIpc) is 2.72. The molecule has 0 spiro atoms. The van der Waals surface area contributed by atoms with Crippen LogP contribution in [0.15, 0.2) is 41.3 Å². The summed E-state index contributed by atoms with van der Waals surface area (Å²) >= 11 is 3.37. The molecule has 5 heteroatoms. The van der Waals surface area contributed by atoms with Gasteiger partial charge in [-0.05, 0) is 41.1 Å². The molecule has 1 amide bonds. The molecule has 0 aliphatic carbocycles. The number of aromatic nitrogens is 2. The summed E-state index contributed by atoms with van der Waals surface area (Å²) in [5.41, 5.74) is 1.38. The number of anilines is 1. The maximum atomic E-state index is 12.0. The Balaban J connectivity index is 2.20. The molecule has 0 aliphatic heterocycles. The highest BCUT2D eigenvalue weighted by molar-refractivity contribution is 9.10. The number of nitrogens with one attached hydrogen (secondary N) is 1. The van der Waals surface area contributed by atoms with Gasteiger partial charge in [-0.15, -0.1) is 0 Å². The maximum absolute atomic E-state index is 12.0. The largest absolute Gasteiger partial charge is 0.343 e. The van der Waals surface area contributed by atoms with Crippen LogP contribution in [0.1, 0.15) is 17.4 Å². The lowest BCUT2D eigenvalue weighted by Crippen LogP contribution is -2.16. The summed E-state index contributed by atoms with van der Waals surface area (Å²) in [6.45, 7) is 2.75. The Bertz CT molecular complexity index is 522. The topological polar surface area (TPSA) is 46.9 Å². The molecule has 2 heterocycles. The van der Waals surface area contributed by atoms with Gasteiger partial charge in [-0.3, -0.25) is 9.78 Å². The fraction of sp³-hybridized carbons (Fsp3) is 0.167. The number of hydrogen-bond donors (Lipinski definition) is 1. The van der Waals surface area contributed by atoms with E-state index in [1.807, 2.05) is 17.7 Å². The number of carbonyl (C=O) groups is 1. The summed E-state index contributed by atoms with van der Waals surface area (Å²) in [6.07, 6.45) is 5.18. The summed E-state index contributed by atoms with van der Waals surface area (Å²) in [7, 11) is 0. The maximum Gasteiger partial charge on any atom is 0.272 e. The van der Waals surface area contributed by atoms with Crippen LogP contribution in [0, 0.1) is 0 Å². The Morgan fingerprint density at radius 2 is 2.18 bits per heavy atom. The van der Waals surface area contributed by atoms with Gasteiger partial charge in [-0.25, -0.2) is 0 Å². The second-order valence-corrected chi connectivity index (χ2v) is 4.44. The highest BCUT2D eigenvalue weighted by Gasteiger charge is 2.12. The highest BCUT2D eigenvalue weighted by Crippen LogP contribution is 2.16. The van der Waals surface area contributed by atoms with Crippen LogP contribution in [0.3, 0.4) is 0 Å². The molecule has 0 radical (unpaired) electrons. The van der Waals surface area contributed by atoms with Gasteiger partial charge in [0.1, 0.15) is 5.69 Å². The van der Waals surface area contributed by atoms with Crippen molar-refractivity contribution in [3.63, 3.8) is 0 Å². The van der Waals surface area contributed by atoms with E-state index in [0.717, 1.165) is 16.7 Å². The SMILES string of the molecule is CCn1cc(Br)cc1C(=O)Nc1ccncc1. The molecule has 0 unspecified atom stereocenters. The molecule has 88 valence electrons. The smallest absolute Gasteiger partial charge is 0.272 e. The highest BCUT2D eigenvalue weighted by atomic mass is 79.9. The van der Waals surface area contributed by atoms with Gasteiger partial charge in [0.15, 0.2) is 0 Å². The van der Waals surface area contributed by atoms with Gasteiger partial charge in [0.2, 0.25) is 0 Å². The van der Waals surface area contributed by atoms with Gasteiger partial charge < -0.3 is 9.88 Å². The summed E-state index contributed by atoms with van der Waals surface area (Å²) in [6, 6.07) is 5.32. The molecular weight excluding hydrogens is 282 g/mol. The van der Waals surface area contributed by atoms with Crippen molar-refractivity contribution in [3.05, 3.63) is 47.0 Å². The Hall–Kier alpha value is -1.62. The van der Waals surface area contributed by atoms with E-state index in [0.29, 0.717) is 5.69 Å². The number of nitrogens with zero attached hydrogens (tertiary/aromatic N) is 2. The number of rotatable bonds is 3. The van der Waals surface area contributed by atoms with E-state index in [4.69, 9.17) is 0 Å². The van der Waals surface area contributed by atoms with Gasteiger partial charge >= 0.3 is 0 Å². The van der Waals surface area contributed by atoms with Crippen molar-refractivity contribution in [2.45, 2.75) is 13.5 Å². The minimum absolute atomic E-state index is 0.122. The molecule has 0 aliphatic rings. The Morgan fingerprint density at radius 3 is 2.82 bits per heavy atom. The Labute approximate surface area is 108 Å². The van der Waals surface area contributed by atoms with E-state index in [1.165, 1.54) is 0 Å². The fourth-order valence-corrected chi connectivity index (χ4v) is 2.02. The number of hydrogen-bond acceptors (Lipinski definition) is 2. The third-order valence-corrected chi connectivity index (χ3v) is 2.81. The van der Waals surface area contributed by atoms with Crippen LogP contribution < -0.4 is 5.32 Å². The Morgan fingerprint density at radius 1 is 1.47 bits per heavy atom. The first-order valence-corrected chi connectivity index (χ1v) is 6.07. The number of halogens is 1. The predicted octanol–water partition coefficient (Wildman–Crippen LogP) is 2.92. The summed E-state index contributed by atoms with van der Waals surface area (Å²) in [5, 5.41) is 2.83. The molecule has 1 N–H and O–H groups in total. The van der Waals surface area contributed by atoms with Crippen molar-refractivity contribution < 1.29 is 4.79 Å². The number of amides is 1. The van der Waals surface area contributed by atoms with Crippen molar-refractivity contribution >= 4 is 27.5 Å². The van der Waals surface area contributed by atoms with E-state index in [9.17, 15) is 4.79 Å². The van der Waals surface area contributed by atoms with E-state index >= 15 is 0 Å². The minimum atomic E-state index is -0.122. The lowest BCUT2D eigenvalue weighted by atomic mass is 10.3. The van der Waals surface area contributed by atoms with E-state index in [2.05, 4.69) is 26.2 Å². The standard InChI is InChI=1S/C12H12BrN3O/c1-2-16-8-9(13)7-11(16)12(17)15-10-3-5-14-6-4-10/h3-8H,2H2,1H3,(H,14,15,17). The predicted molar refractivity (Wildman–Crippen MR) is 70.0 cm³/mol. The van der Waals surface area contributed by atoms with Crippen molar-refractivity contribution in [2.24, 2.45) is 0 Å². The lowest BCUT2D eigenvalue weighted by molar-refractivity contribution is 0.101. The molecule has 0 fully saturated rings. The molecule has 2 aromatic rings. The first-order chi connectivity index (χ1) is 8.20. The third-order valence-electron chi connectivity index (χ3n) is 2.37. The van der Waals surface area contributed by atoms with E-state index < -0.39 is 0 Å². The lowest BCUT2D eigenvalue weighted by Gasteiger charge is -2.07. The summed E-state index contributed by atoms with van der Waals surface area (Å²) in [5.74, 6) is -0.122. The zero-order chi connectivity index (χ0) is 12.3. The van der Waals surface area contributed by atoms with Crippen LogP contribution in [0.5, 0.6) is 0 Å². The van der Waals surface area contributed by atoms with Gasteiger partial charge in [-0.2, -0.15) is 0 Å². The van der Waals surface area contributed by atoms with Crippen LogP contribution in [-0.2, 0) is 6.54 Å². The van der Waals surface area contributed by atoms with Gasteiger partial charge in [0.05, 0.1) is 0 Å². The number of carbonyl (C=O) groups excluding carboxylic acids is 1. The van der Waals surface area contributed by atoms with Crippen molar-refractivity contribution in [1.82, 2.24) is 9.55 Å².